The Kier molecular flexibility index (Phi) is 4.97. The smallest absolute Gasteiger partial charge is 0.317 e. The second-order valence-corrected chi connectivity index (χ2v) is 4.22. The van der Waals surface area contributed by atoms with E-state index in [-0.39, 0.29) is 6.54 Å². The van der Waals surface area contributed by atoms with Crippen LogP contribution in [-0.2, 0) is 11.3 Å². The van der Waals surface area contributed by atoms with Gasteiger partial charge in [-0.15, -0.1) is 0 Å². The number of aliphatic carboxylic acids is 1. The molecule has 1 aromatic rings. The van der Waals surface area contributed by atoms with Gasteiger partial charge in [0.2, 0.25) is 0 Å². The first-order chi connectivity index (χ1) is 8.04. The Morgan fingerprint density at radius 2 is 2.18 bits per heavy atom. The van der Waals surface area contributed by atoms with Gasteiger partial charge in [-0.3, -0.25) is 4.79 Å². The van der Waals surface area contributed by atoms with Gasteiger partial charge in [-0.05, 0) is 17.5 Å². The molecule has 94 valence electrons. The molecule has 0 saturated heterocycles. The fourth-order valence-electron chi connectivity index (χ4n) is 1.60. The molecule has 0 heterocycles. The van der Waals surface area contributed by atoms with E-state index in [9.17, 15) is 4.79 Å². The molecule has 4 nitrogen and oxygen atoms in total. The van der Waals surface area contributed by atoms with Crippen molar-refractivity contribution in [3.63, 3.8) is 0 Å². The summed E-state index contributed by atoms with van der Waals surface area (Å²) in [6.45, 7) is 4.69. The fourth-order valence-corrected chi connectivity index (χ4v) is 1.60. The van der Waals surface area contributed by atoms with Crippen LogP contribution < -0.4 is 10.1 Å². The molecule has 4 heteroatoms. The summed E-state index contributed by atoms with van der Waals surface area (Å²) in [6.07, 6.45) is 0. The molecule has 1 rings (SSSR count). The van der Waals surface area contributed by atoms with Crippen molar-refractivity contribution < 1.29 is 14.6 Å². The molecule has 0 aliphatic heterocycles. The van der Waals surface area contributed by atoms with Crippen LogP contribution in [0.3, 0.4) is 0 Å². The first-order valence-electron chi connectivity index (χ1n) is 5.64. The summed E-state index contributed by atoms with van der Waals surface area (Å²) in [5.41, 5.74) is 2.21. The largest absolute Gasteiger partial charge is 0.496 e. The van der Waals surface area contributed by atoms with Crippen LogP contribution in [0.1, 0.15) is 30.9 Å². The average Bonchev–Trinajstić information content (AvgIpc) is 2.28. The van der Waals surface area contributed by atoms with E-state index in [0.29, 0.717) is 12.5 Å². The number of nitrogens with one attached hydrogen (secondary N) is 1. The Morgan fingerprint density at radius 1 is 1.47 bits per heavy atom. The van der Waals surface area contributed by atoms with Crippen molar-refractivity contribution >= 4 is 5.97 Å². The van der Waals surface area contributed by atoms with Crippen LogP contribution in [0.15, 0.2) is 18.2 Å². The standard InChI is InChI=1S/C13H19NO3/c1-9(2)10-4-5-12(17-3)11(6-10)7-14-8-13(15)16/h4-6,9,14H,7-8H2,1-3H3,(H,15,16). The Labute approximate surface area is 102 Å². The lowest BCUT2D eigenvalue weighted by atomic mass is 10.0. The lowest BCUT2D eigenvalue weighted by Gasteiger charge is -2.12. The van der Waals surface area contributed by atoms with Gasteiger partial charge in [0, 0.05) is 12.1 Å². The van der Waals surface area contributed by atoms with Crippen molar-refractivity contribution in [1.82, 2.24) is 5.32 Å². The molecule has 0 aliphatic carbocycles. The molecule has 0 bridgehead atoms. The highest BCUT2D eigenvalue weighted by Crippen LogP contribution is 2.23. The summed E-state index contributed by atoms with van der Waals surface area (Å²) in [7, 11) is 1.62. The number of carbonyl (C=O) groups is 1. The number of ether oxygens (including phenoxy) is 1. The molecule has 0 atom stereocenters. The zero-order valence-electron chi connectivity index (χ0n) is 10.5. The van der Waals surface area contributed by atoms with E-state index in [4.69, 9.17) is 9.84 Å². The van der Waals surface area contributed by atoms with Gasteiger partial charge in [0.1, 0.15) is 5.75 Å². The maximum atomic E-state index is 10.4. The molecule has 0 spiro atoms. The quantitative estimate of drug-likeness (QED) is 0.794. The van der Waals surface area contributed by atoms with Crippen LogP contribution in [0.4, 0.5) is 0 Å². The molecule has 1 aromatic carbocycles. The Balaban J connectivity index is 2.79. The van der Waals surface area contributed by atoms with E-state index in [1.807, 2.05) is 12.1 Å². The highest BCUT2D eigenvalue weighted by molar-refractivity contribution is 5.69. The van der Waals surface area contributed by atoms with Gasteiger partial charge in [-0.1, -0.05) is 26.0 Å². The van der Waals surface area contributed by atoms with E-state index in [0.717, 1.165) is 11.3 Å². The van der Waals surface area contributed by atoms with Crippen molar-refractivity contribution in [2.45, 2.75) is 26.3 Å². The Morgan fingerprint density at radius 3 is 2.71 bits per heavy atom. The molecule has 0 fully saturated rings. The van der Waals surface area contributed by atoms with E-state index in [2.05, 4.69) is 25.2 Å². The topological polar surface area (TPSA) is 58.6 Å². The van der Waals surface area contributed by atoms with E-state index < -0.39 is 5.97 Å². The third-order valence-corrected chi connectivity index (χ3v) is 2.56. The Bertz CT molecular complexity index is 388. The summed E-state index contributed by atoms with van der Waals surface area (Å²) in [5, 5.41) is 11.4. The molecule has 2 N–H and O–H groups in total. The second kappa shape index (κ2) is 6.25. The summed E-state index contributed by atoms with van der Waals surface area (Å²) in [6, 6.07) is 6.01. The third-order valence-electron chi connectivity index (χ3n) is 2.56. The van der Waals surface area contributed by atoms with Crippen LogP contribution in [0.5, 0.6) is 5.75 Å². The average molecular weight is 237 g/mol. The number of rotatable bonds is 6. The molecule has 0 saturated carbocycles. The van der Waals surface area contributed by atoms with Crippen LogP contribution in [0, 0.1) is 0 Å². The van der Waals surface area contributed by atoms with Crippen molar-refractivity contribution in [3.05, 3.63) is 29.3 Å². The van der Waals surface area contributed by atoms with Gasteiger partial charge in [-0.2, -0.15) is 0 Å². The first-order valence-corrected chi connectivity index (χ1v) is 5.64. The number of benzene rings is 1. The number of carboxylic acids is 1. The molecule has 0 amide bonds. The monoisotopic (exact) mass is 237 g/mol. The van der Waals surface area contributed by atoms with E-state index >= 15 is 0 Å². The van der Waals surface area contributed by atoms with Crippen molar-refractivity contribution in [3.8, 4) is 5.75 Å². The minimum absolute atomic E-state index is 0.0466. The van der Waals surface area contributed by atoms with E-state index in [1.165, 1.54) is 5.56 Å². The number of carboxylic acid groups (broad SMARTS) is 1. The molecule has 0 aliphatic rings. The lowest BCUT2D eigenvalue weighted by Crippen LogP contribution is -2.22. The van der Waals surface area contributed by atoms with Gasteiger partial charge in [-0.25, -0.2) is 0 Å². The number of methoxy groups -OCH3 is 1. The summed E-state index contributed by atoms with van der Waals surface area (Å²) < 4.78 is 5.25. The van der Waals surface area contributed by atoms with Crippen LogP contribution in [0.25, 0.3) is 0 Å². The number of hydrogen-bond acceptors (Lipinski definition) is 3. The van der Waals surface area contributed by atoms with Gasteiger partial charge in [0.05, 0.1) is 13.7 Å². The molecular formula is C13H19NO3. The molecule has 0 unspecified atom stereocenters. The zero-order valence-corrected chi connectivity index (χ0v) is 10.5. The SMILES string of the molecule is COc1ccc(C(C)C)cc1CNCC(=O)O. The van der Waals surface area contributed by atoms with E-state index in [1.54, 1.807) is 7.11 Å². The molecule has 0 aromatic heterocycles. The molecule has 0 radical (unpaired) electrons. The Hall–Kier alpha value is -1.55. The maximum absolute atomic E-state index is 10.4. The van der Waals surface area contributed by atoms with Crippen molar-refractivity contribution in [2.75, 3.05) is 13.7 Å². The minimum Gasteiger partial charge on any atom is -0.496 e. The maximum Gasteiger partial charge on any atom is 0.317 e. The van der Waals surface area contributed by atoms with Crippen molar-refractivity contribution in [2.24, 2.45) is 0 Å². The normalized spacial score (nSPS) is 10.6. The lowest BCUT2D eigenvalue weighted by molar-refractivity contribution is -0.135. The van der Waals surface area contributed by atoms with Gasteiger partial charge in [0.15, 0.2) is 0 Å². The van der Waals surface area contributed by atoms with Gasteiger partial charge < -0.3 is 15.2 Å². The minimum atomic E-state index is -0.857. The number of hydrogen-bond donors (Lipinski definition) is 2. The summed E-state index contributed by atoms with van der Waals surface area (Å²) in [4.78, 5) is 10.4. The van der Waals surface area contributed by atoms with Crippen LogP contribution in [0.2, 0.25) is 0 Å². The van der Waals surface area contributed by atoms with Gasteiger partial charge >= 0.3 is 5.97 Å². The molecular weight excluding hydrogens is 218 g/mol. The summed E-state index contributed by atoms with van der Waals surface area (Å²) in [5.74, 6) is 0.371. The van der Waals surface area contributed by atoms with Crippen molar-refractivity contribution in [1.29, 1.82) is 0 Å². The predicted molar refractivity (Wildman–Crippen MR) is 66.4 cm³/mol. The van der Waals surface area contributed by atoms with Crippen LogP contribution in [-0.4, -0.2) is 24.7 Å². The van der Waals surface area contributed by atoms with Gasteiger partial charge in [0.25, 0.3) is 0 Å². The second-order valence-electron chi connectivity index (χ2n) is 4.22. The third kappa shape index (κ3) is 4.07. The predicted octanol–water partition coefficient (Wildman–Crippen LogP) is 1.99. The first kappa shape index (κ1) is 13.5. The highest BCUT2D eigenvalue weighted by Gasteiger charge is 2.07. The zero-order chi connectivity index (χ0) is 12.8. The highest BCUT2D eigenvalue weighted by atomic mass is 16.5. The summed E-state index contributed by atoms with van der Waals surface area (Å²) >= 11 is 0. The van der Waals surface area contributed by atoms with Crippen LogP contribution >= 0.6 is 0 Å². The molecule has 17 heavy (non-hydrogen) atoms. The fraction of sp³-hybridized carbons (Fsp3) is 0.462.